The van der Waals surface area contributed by atoms with Crippen molar-refractivity contribution in [1.82, 2.24) is 14.8 Å². The van der Waals surface area contributed by atoms with Crippen molar-refractivity contribution in [1.29, 1.82) is 0 Å². The maximum absolute atomic E-state index is 12.5. The molecule has 7 nitrogen and oxygen atoms in total. The van der Waals surface area contributed by atoms with Crippen molar-refractivity contribution >= 4 is 17.5 Å². The number of carbonyl (C=O) groups excluding carboxylic acids is 2. The van der Waals surface area contributed by atoms with Crippen LogP contribution in [0.1, 0.15) is 20.7 Å². The first-order valence-electron chi connectivity index (χ1n) is 8.11. The summed E-state index contributed by atoms with van der Waals surface area (Å²) in [6, 6.07) is 9.58. The van der Waals surface area contributed by atoms with Crippen molar-refractivity contribution in [3.05, 3.63) is 64.1 Å². The van der Waals surface area contributed by atoms with Gasteiger partial charge in [-0.2, -0.15) is 0 Å². The van der Waals surface area contributed by atoms with Crippen LogP contribution >= 0.6 is 0 Å². The Hall–Kier alpha value is -2.93. The molecular formula is C18H20N4O3. The molecule has 1 fully saturated rings. The lowest BCUT2D eigenvalue weighted by Gasteiger charge is -2.32. The molecule has 0 radical (unpaired) electrons. The number of rotatable bonds is 3. The SMILES string of the molecule is CN1CCN(C(=O)c2ccc(NC(=O)c3ccc(=O)[nH]c3)cc2)CC1. The lowest BCUT2D eigenvalue weighted by atomic mass is 10.1. The Morgan fingerprint density at radius 3 is 2.20 bits per heavy atom. The van der Waals surface area contributed by atoms with E-state index < -0.39 is 0 Å². The third-order valence-corrected chi connectivity index (χ3v) is 4.23. The standard InChI is InChI=1S/C18H20N4O3/c1-21-8-10-22(11-9-21)18(25)13-2-5-15(6-3-13)20-17(24)14-4-7-16(23)19-12-14/h2-7,12H,8-11H2,1H3,(H,19,23)(H,20,24). The van der Waals surface area contributed by atoms with Crippen LogP contribution in [0.3, 0.4) is 0 Å². The quantitative estimate of drug-likeness (QED) is 0.873. The summed E-state index contributed by atoms with van der Waals surface area (Å²) in [5.74, 6) is -0.319. The van der Waals surface area contributed by atoms with Crippen molar-refractivity contribution in [3.63, 3.8) is 0 Å². The maximum atomic E-state index is 12.5. The largest absolute Gasteiger partial charge is 0.336 e. The van der Waals surface area contributed by atoms with E-state index in [0.717, 1.165) is 26.2 Å². The zero-order valence-electron chi connectivity index (χ0n) is 14.0. The highest BCUT2D eigenvalue weighted by molar-refractivity contribution is 6.04. The topological polar surface area (TPSA) is 85.5 Å². The zero-order chi connectivity index (χ0) is 17.8. The second-order valence-corrected chi connectivity index (χ2v) is 6.07. The lowest BCUT2D eigenvalue weighted by Crippen LogP contribution is -2.47. The predicted octanol–water partition coefficient (Wildman–Crippen LogP) is 1.01. The van der Waals surface area contributed by atoms with Gasteiger partial charge in [-0.15, -0.1) is 0 Å². The first-order chi connectivity index (χ1) is 12.0. The van der Waals surface area contributed by atoms with E-state index in [-0.39, 0.29) is 17.4 Å². The molecule has 1 aliphatic heterocycles. The summed E-state index contributed by atoms with van der Waals surface area (Å²) in [5, 5.41) is 2.74. The highest BCUT2D eigenvalue weighted by Crippen LogP contribution is 2.14. The number of hydrogen-bond acceptors (Lipinski definition) is 4. The van der Waals surface area contributed by atoms with E-state index >= 15 is 0 Å². The molecule has 2 amide bonds. The van der Waals surface area contributed by atoms with E-state index in [1.165, 1.54) is 18.3 Å². The smallest absolute Gasteiger partial charge is 0.257 e. The highest BCUT2D eigenvalue weighted by Gasteiger charge is 2.20. The van der Waals surface area contributed by atoms with Gasteiger partial charge in [0.05, 0.1) is 5.56 Å². The summed E-state index contributed by atoms with van der Waals surface area (Å²) in [5.41, 5.74) is 1.29. The molecule has 1 aromatic carbocycles. The van der Waals surface area contributed by atoms with Crippen LogP contribution in [0.15, 0.2) is 47.4 Å². The molecule has 0 spiro atoms. The third-order valence-electron chi connectivity index (χ3n) is 4.23. The Bertz CT molecular complexity index is 800. The van der Waals surface area contributed by atoms with Gasteiger partial charge >= 0.3 is 0 Å². The third kappa shape index (κ3) is 4.13. The summed E-state index contributed by atoms with van der Waals surface area (Å²) in [4.78, 5) is 42.1. The number of carbonyl (C=O) groups is 2. The number of amides is 2. The number of likely N-dealkylation sites (N-methyl/N-ethyl adjacent to an activating group) is 1. The van der Waals surface area contributed by atoms with Gasteiger partial charge < -0.3 is 20.1 Å². The van der Waals surface area contributed by atoms with Crippen molar-refractivity contribution in [2.24, 2.45) is 0 Å². The Morgan fingerprint density at radius 1 is 0.960 bits per heavy atom. The van der Waals surface area contributed by atoms with Crippen molar-refractivity contribution in [2.75, 3.05) is 38.5 Å². The summed E-state index contributed by atoms with van der Waals surface area (Å²) in [6.07, 6.45) is 1.36. The van der Waals surface area contributed by atoms with E-state index in [9.17, 15) is 14.4 Å². The molecule has 3 rings (SSSR count). The second-order valence-electron chi connectivity index (χ2n) is 6.07. The number of pyridine rings is 1. The second kappa shape index (κ2) is 7.31. The molecule has 7 heteroatoms. The fourth-order valence-electron chi connectivity index (χ4n) is 2.64. The van der Waals surface area contributed by atoms with Crippen LogP contribution in [-0.2, 0) is 0 Å². The number of aromatic amines is 1. The normalized spacial score (nSPS) is 15.0. The van der Waals surface area contributed by atoms with E-state index in [1.54, 1.807) is 24.3 Å². The lowest BCUT2D eigenvalue weighted by molar-refractivity contribution is 0.0664. The average Bonchev–Trinajstić information content (AvgIpc) is 2.63. The minimum atomic E-state index is -0.325. The number of H-pyrrole nitrogens is 1. The minimum Gasteiger partial charge on any atom is -0.336 e. The van der Waals surface area contributed by atoms with Gasteiger partial charge in [-0.3, -0.25) is 14.4 Å². The molecule has 130 valence electrons. The van der Waals surface area contributed by atoms with Crippen molar-refractivity contribution < 1.29 is 9.59 Å². The van der Waals surface area contributed by atoms with Gasteiger partial charge in [0.15, 0.2) is 0 Å². The summed E-state index contributed by atoms with van der Waals surface area (Å²) < 4.78 is 0. The van der Waals surface area contributed by atoms with Gasteiger partial charge in [0.2, 0.25) is 5.56 Å². The van der Waals surface area contributed by atoms with E-state index in [4.69, 9.17) is 0 Å². The first-order valence-corrected chi connectivity index (χ1v) is 8.11. The molecule has 0 bridgehead atoms. The highest BCUT2D eigenvalue weighted by atomic mass is 16.2. The molecule has 1 saturated heterocycles. The molecule has 0 saturated carbocycles. The average molecular weight is 340 g/mol. The fraction of sp³-hybridized carbons (Fsp3) is 0.278. The first kappa shape index (κ1) is 16.9. The number of anilines is 1. The van der Waals surface area contributed by atoms with Crippen LogP contribution in [0.25, 0.3) is 0 Å². The number of hydrogen-bond donors (Lipinski definition) is 2. The number of nitrogens with one attached hydrogen (secondary N) is 2. The number of benzene rings is 1. The van der Waals surface area contributed by atoms with Crippen LogP contribution in [0.5, 0.6) is 0 Å². The monoisotopic (exact) mass is 340 g/mol. The minimum absolute atomic E-state index is 0.00612. The maximum Gasteiger partial charge on any atom is 0.257 e. The van der Waals surface area contributed by atoms with Gasteiger partial charge in [-0.1, -0.05) is 0 Å². The molecule has 0 unspecified atom stereocenters. The summed E-state index contributed by atoms with van der Waals surface area (Å²) in [6.45, 7) is 3.19. The summed E-state index contributed by atoms with van der Waals surface area (Å²) >= 11 is 0. The Kier molecular flexibility index (Phi) is 4.95. The van der Waals surface area contributed by atoms with E-state index in [1.807, 2.05) is 11.9 Å². The van der Waals surface area contributed by atoms with Crippen LogP contribution in [0.4, 0.5) is 5.69 Å². The fourth-order valence-corrected chi connectivity index (χ4v) is 2.64. The van der Waals surface area contributed by atoms with Gasteiger partial charge in [0.25, 0.3) is 11.8 Å². The van der Waals surface area contributed by atoms with Crippen LogP contribution in [-0.4, -0.2) is 59.8 Å². The van der Waals surface area contributed by atoms with Crippen molar-refractivity contribution in [2.45, 2.75) is 0 Å². The van der Waals surface area contributed by atoms with Gasteiger partial charge in [0.1, 0.15) is 0 Å². The Balaban J connectivity index is 1.63. The predicted molar refractivity (Wildman–Crippen MR) is 94.9 cm³/mol. The summed E-state index contributed by atoms with van der Waals surface area (Å²) in [7, 11) is 2.04. The zero-order valence-corrected chi connectivity index (χ0v) is 14.0. The molecular weight excluding hydrogens is 320 g/mol. The number of piperazine rings is 1. The molecule has 2 heterocycles. The van der Waals surface area contributed by atoms with Gasteiger partial charge in [-0.25, -0.2) is 0 Å². The molecule has 2 aromatic rings. The van der Waals surface area contributed by atoms with Gasteiger partial charge in [-0.05, 0) is 37.4 Å². The molecule has 1 aromatic heterocycles. The molecule has 0 atom stereocenters. The van der Waals surface area contributed by atoms with E-state index in [0.29, 0.717) is 16.8 Å². The molecule has 0 aliphatic carbocycles. The Labute approximate surface area is 145 Å². The van der Waals surface area contributed by atoms with Crippen LogP contribution < -0.4 is 10.9 Å². The number of aromatic nitrogens is 1. The van der Waals surface area contributed by atoms with Crippen LogP contribution in [0.2, 0.25) is 0 Å². The molecule has 2 N–H and O–H groups in total. The number of nitrogens with zero attached hydrogens (tertiary/aromatic N) is 2. The van der Waals surface area contributed by atoms with E-state index in [2.05, 4.69) is 15.2 Å². The van der Waals surface area contributed by atoms with Gasteiger partial charge in [0, 0.05) is 49.7 Å². The van der Waals surface area contributed by atoms with Crippen molar-refractivity contribution in [3.8, 4) is 0 Å². The molecule has 25 heavy (non-hydrogen) atoms. The molecule has 1 aliphatic rings. The Morgan fingerprint density at radius 2 is 1.60 bits per heavy atom. The van der Waals surface area contributed by atoms with Crippen LogP contribution in [0, 0.1) is 0 Å².